The van der Waals surface area contributed by atoms with Crippen LogP contribution in [-0.2, 0) is 0 Å². The molecule has 0 nitrogen and oxygen atoms in total. The van der Waals surface area contributed by atoms with Gasteiger partial charge in [-0.05, 0) is 30.0 Å². The fraction of sp³-hybridized carbons (Fsp3) is 0.300. The van der Waals surface area contributed by atoms with Gasteiger partial charge in [-0.25, -0.2) is 4.39 Å². The van der Waals surface area contributed by atoms with Gasteiger partial charge in [0.2, 0.25) is 0 Å². The average molecular weight is 151 g/mol. The quantitative estimate of drug-likeness (QED) is 0.578. The first-order chi connectivity index (χ1) is 5.13. The van der Waals surface area contributed by atoms with Gasteiger partial charge in [0.15, 0.2) is 0 Å². The largest absolute Gasteiger partial charge is 0.207 e. The molecule has 0 spiro atoms. The Kier molecular flexibility index (Phi) is 2.28. The Morgan fingerprint density at radius 2 is 1.91 bits per heavy atom. The van der Waals surface area contributed by atoms with Gasteiger partial charge in [0.1, 0.15) is 5.82 Å². The monoisotopic (exact) mass is 151 g/mol. The minimum Gasteiger partial charge on any atom is -0.207 e. The van der Waals surface area contributed by atoms with Crippen molar-refractivity contribution in [3.63, 3.8) is 0 Å². The summed E-state index contributed by atoms with van der Waals surface area (Å²) in [5, 5.41) is 0. The van der Waals surface area contributed by atoms with Gasteiger partial charge >= 0.3 is 0 Å². The van der Waals surface area contributed by atoms with Crippen LogP contribution in [0.3, 0.4) is 0 Å². The topological polar surface area (TPSA) is 0 Å². The molecule has 1 rings (SSSR count). The summed E-state index contributed by atoms with van der Waals surface area (Å²) in [5.41, 5.74) is 1.76. The minimum absolute atomic E-state index is 0.122. The Hall–Kier alpha value is -0.850. The molecule has 1 aromatic rings. The van der Waals surface area contributed by atoms with Gasteiger partial charge in [0.25, 0.3) is 0 Å². The van der Waals surface area contributed by atoms with Gasteiger partial charge in [-0.3, -0.25) is 0 Å². The average Bonchev–Trinajstić information content (AvgIpc) is 1.94. The van der Waals surface area contributed by atoms with Crippen molar-refractivity contribution in [2.24, 2.45) is 0 Å². The second kappa shape index (κ2) is 3.04. The molecule has 0 amide bonds. The summed E-state index contributed by atoms with van der Waals surface area (Å²) >= 11 is 0. The summed E-state index contributed by atoms with van der Waals surface area (Å²) in [5.74, 6) is 1.03. The van der Waals surface area contributed by atoms with Crippen molar-refractivity contribution in [2.75, 3.05) is 0 Å². The third-order valence-electron chi connectivity index (χ3n) is 1.81. The van der Waals surface area contributed by atoms with Crippen LogP contribution in [0.5, 0.6) is 0 Å². The van der Waals surface area contributed by atoms with Crippen LogP contribution in [0.4, 0.5) is 4.39 Å². The van der Waals surface area contributed by atoms with Gasteiger partial charge in [-0.1, -0.05) is 26.0 Å². The second-order valence-electron chi connectivity index (χ2n) is 2.91. The van der Waals surface area contributed by atoms with Gasteiger partial charge in [0.05, 0.1) is 0 Å². The van der Waals surface area contributed by atoms with E-state index in [1.54, 1.807) is 13.0 Å². The van der Waals surface area contributed by atoms with Crippen molar-refractivity contribution in [2.45, 2.75) is 20.8 Å². The highest BCUT2D eigenvalue weighted by Gasteiger charge is 2.05. The van der Waals surface area contributed by atoms with Gasteiger partial charge in [-0.15, -0.1) is 0 Å². The van der Waals surface area contributed by atoms with Crippen LogP contribution in [0, 0.1) is 18.7 Å². The molecule has 0 aliphatic carbocycles. The zero-order chi connectivity index (χ0) is 8.43. The van der Waals surface area contributed by atoms with Gasteiger partial charge in [0, 0.05) is 0 Å². The van der Waals surface area contributed by atoms with E-state index >= 15 is 0 Å². The predicted octanol–water partition coefficient (Wildman–Crippen LogP) is 3.10. The Labute approximate surface area is 67.1 Å². The normalized spacial score (nSPS) is 10.6. The maximum atomic E-state index is 12.9. The van der Waals surface area contributed by atoms with E-state index in [9.17, 15) is 4.39 Å². The standard InChI is InChI=1S/C10H12F/c1-7(2)9-5-4-6-10(11)8(9)3/h4-6H,1-3H3. The van der Waals surface area contributed by atoms with Crippen LogP contribution in [0.25, 0.3) is 0 Å². The maximum absolute atomic E-state index is 12.9. The summed E-state index contributed by atoms with van der Waals surface area (Å²) < 4.78 is 12.9. The summed E-state index contributed by atoms with van der Waals surface area (Å²) in [6.45, 7) is 5.78. The molecule has 0 heterocycles. The van der Waals surface area contributed by atoms with E-state index in [0.29, 0.717) is 0 Å². The molecule has 0 saturated heterocycles. The lowest BCUT2D eigenvalue weighted by atomic mass is 9.98. The smallest absolute Gasteiger partial charge is 0.126 e. The molecule has 1 heteroatoms. The summed E-state index contributed by atoms with van der Waals surface area (Å²) in [7, 11) is 0. The van der Waals surface area contributed by atoms with E-state index in [1.165, 1.54) is 6.07 Å². The van der Waals surface area contributed by atoms with Crippen molar-refractivity contribution in [1.82, 2.24) is 0 Å². The van der Waals surface area contributed by atoms with Gasteiger partial charge < -0.3 is 0 Å². The zero-order valence-corrected chi connectivity index (χ0v) is 7.11. The van der Waals surface area contributed by atoms with Crippen molar-refractivity contribution in [1.29, 1.82) is 0 Å². The van der Waals surface area contributed by atoms with E-state index in [2.05, 4.69) is 0 Å². The molecule has 0 unspecified atom stereocenters. The first kappa shape index (κ1) is 8.25. The maximum Gasteiger partial charge on any atom is 0.126 e. The molecule has 0 fully saturated rings. The molecule has 0 N–H and O–H groups in total. The molecule has 0 aliphatic heterocycles. The molecule has 0 aromatic heterocycles. The molecular weight excluding hydrogens is 139 g/mol. The summed E-state index contributed by atoms with van der Waals surface area (Å²) in [6, 6.07) is 5.17. The van der Waals surface area contributed by atoms with Crippen LogP contribution in [0.1, 0.15) is 25.0 Å². The van der Waals surface area contributed by atoms with Crippen LogP contribution < -0.4 is 0 Å². The van der Waals surface area contributed by atoms with E-state index in [0.717, 1.165) is 17.0 Å². The van der Waals surface area contributed by atoms with Gasteiger partial charge in [-0.2, -0.15) is 0 Å². The van der Waals surface area contributed by atoms with E-state index in [4.69, 9.17) is 0 Å². The number of hydrogen-bond acceptors (Lipinski definition) is 0. The number of hydrogen-bond donors (Lipinski definition) is 0. The van der Waals surface area contributed by atoms with Crippen molar-refractivity contribution >= 4 is 0 Å². The van der Waals surface area contributed by atoms with Crippen molar-refractivity contribution in [3.05, 3.63) is 41.1 Å². The van der Waals surface area contributed by atoms with Crippen LogP contribution in [-0.4, -0.2) is 0 Å². The first-order valence-corrected chi connectivity index (χ1v) is 3.68. The molecule has 0 aliphatic rings. The van der Waals surface area contributed by atoms with E-state index in [1.807, 2.05) is 19.9 Å². The lowest BCUT2D eigenvalue weighted by Crippen LogP contribution is -1.94. The summed E-state index contributed by atoms with van der Waals surface area (Å²) in [6.07, 6.45) is 0. The van der Waals surface area contributed by atoms with Crippen LogP contribution in [0.2, 0.25) is 0 Å². The Balaban J connectivity index is 3.17. The number of halogens is 1. The Morgan fingerprint density at radius 1 is 1.27 bits per heavy atom. The Bertz CT molecular complexity index is 251. The van der Waals surface area contributed by atoms with E-state index in [-0.39, 0.29) is 5.82 Å². The molecule has 0 saturated carbocycles. The number of benzene rings is 1. The van der Waals surface area contributed by atoms with E-state index < -0.39 is 0 Å². The molecular formula is C10H12F. The van der Waals surface area contributed by atoms with Crippen LogP contribution in [0.15, 0.2) is 18.2 Å². The highest BCUT2D eigenvalue weighted by molar-refractivity contribution is 5.36. The summed E-state index contributed by atoms with van der Waals surface area (Å²) in [4.78, 5) is 0. The lowest BCUT2D eigenvalue weighted by molar-refractivity contribution is 0.616. The SMILES string of the molecule is C[C](C)c1cccc(F)c1C. The molecule has 0 bridgehead atoms. The van der Waals surface area contributed by atoms with Crippen LogP contribution >= 0.6 is 0 Å². The zero-order valence-electron chi connectivity index (χ0n) is 7.11. The lowest BCUT2D eigenvalue weighted by Gasteiger charge is -2.08. The fourth-order valence-electron chi connectivity index (χ4n) is 1.15. The molecule has 1 radical (unpaired) electrons. The molecule has 59 valence electrons. The Morgan fingerprint density at radius 3 is 2.36 bits per heavy atom. The molecule has 0 atom stereocenters. The highest BCUT2D eigenvalue weighted by atomic mass is 19.1. The molecule has 1 aromatic carbocycles. The fourth-order valence-corrected chi connectivity index (χ4v) is 1.15. The predicted molar refractivity (Wildman–Crippen MR) is 44.8 cm³/mol. The third kappa shape index (κ3) is 1.59. The highest BCUT2D eigenvalue weighted by Crippen LogP contribution is 2.19. The third-order valence-corrected chi connectivity index (χ3v) is 1.81. The van der Waals surface area contributed by atoms with Crippen molar-refractivity contribution < 1.29 is 4.39 Å². The number of rotatable bonds is 1. The first-order valence-electron chi connectivity index (χ1n) is 3.68. The minimum atomic E-state index is -0.122. The second-order valence-corrected chi connectivity index (χ2v) is 2.91. The molecule has 11 heavy (non-hydrogen) atoms. The van der Waals surface area contributed by atoms with Crippen molar-refractivity contribution in [3.8, 4) is 0 Å².